The van der Waals surface area contributed by atoms with Gasteiger partial charge in [-0.25, -0.2) is 0 Å². The van der Waals surface area contributed by atoms with Crippen molar-refractivity contribution in [3.8, 4) is 11.1 Å². The Balaban J connectivity index is 1.78. The average Bonchev–Trinajstić information content (AvgIpc) is 3.16. The van der Waals surface area contributed by atoms with Gasteiger partial charge < -0.3 is 10.3 Å². The summed E-state index contributed by atoms with van der Waals surface area (Å²) in [6.45, 7) is 10.1. The van der Waals surface area contributed by atoms with Gasteiger partial charge in [-0.1, -0.05) is 24.3 Å². The molecule has 4 aromatic rings. The maximum absolute atomic E-state index is 13.3. The quantitative estimate of drug-likeness (QED) is 0.478. The second kappa shape index (κ2) is 8.46. The van der Waals surface area contributed by atoms with E-state index in [-0.39, 0.29) is 24.1 Å². The molecule has 4 rings (SSSR count). The molecule has 0 spiro atoms. The molecule has 164 valence electrons. The Labute approximate surface area is 187 Å². The summed E-state index contributed by atoms with van der Waals surface area (Å²) in [5.74, 6) is -0.229. The van der Waals surface area contributed by atoms with Crippen molar-refractivity contribution in [1.82, 2.24) is 20.1 Å². The number of aryl methyl sites for hydroxylation is 3. The molecule has 6 heteroatoms. The highest BCUT2D eigenvalue weighted by atomic mass is 16.1. The van der Waals surface area contributed by atoms with E-state index in [4.69, 9.17) is 0 Å². The molecule has 0 aliphatic carbocycles. The number of hydrogen-bond acceptors (Lipinski definition) is 3. The van der Waals surface area contributed by atoms with E-state index in [1.807, 2.05) is 42.8 Å². The molecule has 6 nitrogen and oxygen atoms in total. The summed E-state index contributed by atoms with van der Waals surface area (Å²) in [6, 6.07) is 14.2. The van der Waals surface area contributed by atoms with Gasteiger partial charge in [-0.15, -0.1) is 0 Å². The van der Waals surface area contributed by atoms with E-state index in [0.717, 1.165) is 38.9 Å². The highest BCUT2D eigenvalue weighted by Crippen LogP contribution is 2.31. The van der Waals surface area contributed by atoms with Gasteiger partial charge in [-0.2, -0.15) is 5.10 Å². The van der Waals surface area contributed by atoms with Crippen molar-refractivity contribution in [2.45, 2.75) is 47.2 Å². The highest BCUT2D eigenvalue weighted by Gasteiger charge is 2.18. The number of amides is 1. The Hall–Kier alpha value is -3.67. The zero-order valence-corrected chi connectivity index (χ0v) is 19.1. The molecule has 0 saturated carbocycles. The lowest BCUT2D eigenvalue weighted by Crippen LogP contribution is -2.28. The van der Waals surface area contributed by atoms with E-state index in [1.54, 1.807) is 6.20 Å². The number of pyridine rings is 1. The molecular formula is C26H28N4O2. The van der Waals surface area contributed by atoms with Crippen molar-refractivity contribution >= 4 is 16.8 Å². The number of fused-ring (bicyclic) bond motifs is 1. The second-order valence-electron chi connectivity index (χ2n) is 8.58. The van der Waals surface area contributed by atoms with Crippen LogP contribution in [0.1, 0.15) is 52.6 Å². The third-order valence-electron chi connectivity index (χ3n) is 5.83. The molecule has 0 atom stereocenters. The monoisotopic (exact) mass is 428 g/mol. The van der Waals surface area contributed by atoms with Crippen LogP contribution in [-0.2, 0) is 6.54 Å². The fourth-order valence-electron chi connectivity index (χ4n) is 4.16. The summed E-state index contributed by atoms with van der Waals surface area (Å²) in [4.78, 5) is 28.5. The van der Waals surface area contributed by atoms with Gasteiger partial charge >= 0.3 is 0 Å². The maximum atomic E-state index is 13.3. The lowest BCUT2D eigenvalue weighted by molar-refractivity contribution is 0.0952. The first kappa shape index (κ1) is 21.6. The summed E-state index contributed by atoms with van der Waals surface area (Å²) in [5.41, 5.74) is 6.69. The summed E-state index contributed by atoms with van der Waals surface area (Å²) in [5, 5.41) is 8.27. The van der Waals surface area contributed by atoms with Crippen LogP contribution in [-0.4, -0.2) is 20.7 Å². The number of carbonyl (C=O) groups excluding carboxylic acids is 1. The molecule has 2 aromatic heterocycles. The molecule has 2 N–H and O–H groups in total. The van der Waals surface area contributed by atoms with E-state index >= 15 is 0 Å². The van der Waals surface area contributed by atoms with Crippen LogP contribution in [0.15, 0.2) is 53.5 Å². The van der Waals surface area contributed by atoms with Crippen LogP contribution < -0.4 is 10.9 Å². The average molecular weight is 429 g/mol. The van der Waals surface area contributed by atoms with Crippen LogP contribution in [0.5, 0.6) is 0 Å². The molecule has 0 saturated heterocycles. The lowest BCUT2D eigenvalue weighted by atomic mass is 9.96. The minimum atomic E-state index is -0.229. The maximum Gasteiger partial charge on any atom is 0.253 e. The number of nitrogens with one attached hydrogen (secondary N) is 2. The largest absolute Gasteiger partial charge is 0.348 e. The van der Waals surface area contributed by atoms with Gasteiger partial charge in [0.25, 0.3) is 11.5 Å². The number of nitrogens with zero attached hydrogens (tertiary/aromatic N) is 2. The third kappa shape index (κ3) is 3.96. The van der Waals surface area contributed by atoms with Crippen molar-refractivity contribution in [3.05, 3.63) is 87.0 Å². The summed E-state index contributed by atoms with van der Waals surface area (Å²) in [6.07, 6.45) is 1.75. The molecular weight excluding hydrogens is 400 g/mol. The van der Waals surface area contributed by atoms with Crippen LogP contribution in [0.2, 0.25) is 0 Å². The predicted molar refractivity (Wildman–Crippen MR) is 128 cm³/mol. The molecule has 1 amide bonds. The minimum absolute atomic E-state index is 0.157. The molecule has 0 aliphatic rings. The van der Waals surface area contributed by atoms with E-state index in [1.165, 1.54) is 0 Å². The van der Waals surface area contributed by atoms with Crippen molar-refractivity contribution in [2.75, 3.05) is 0 Å². The first-order valence-corrected chi connectivity index (χ1v) is 10.8. The number of rotatable bonds is 5. The Morgan fingerprint density at radius 1 is 1.09 bits per heavy atom. The van der Waals surface area contributed by atoms with Gasteiger partial charge in [0.15, 0.2) is 0 Å². The number of carbonyl (C=O) groups is 1. The smallest absolute Gasteiger partial charge is 0.253 e. The summed E-state index contributed by atoms with van der Waals surface area (Å²) in [7, 11) is 0. The number of benzene rings is 2. The van der Waals surface area contributed by atoms with Crippen LogP contribution in [0.25, 0.3) is 22.0 Å². The molecule has 0 unspecified atom stereocenters. The Morgan fingerprint density at radius 3 is 2.53 bits per heavy atom. The molecule has 0 fully saturated rings. The van der Waals surface area contributed by atoms with Crippen molar-refractivity contribution in [2.24, 2.45) is 0 Å². The van der Waals surface area contributed by atoms with Crippen LogP contribution >= 0.6 is 0 Å². The first-order valence-electron chi connectivity index (χ1n) is 10.8. The lowest BCUT2D eigenvalue weighted by Gasteiger charge is -2.13. The van der Waals surface area contributed by atoms with Gasteiger partial charge in [0.1, 0.15) is 0 Å². The SMILES string of the molecule is Cc1cc(C)c(CNC(=O)c2cc(-c3ccccc3C)cc3c2cnn3C(C)C)c(=O)[nH]1. The van der Waals surface area contributed by atoms with Crippen LogP contribution in [0, 0.1) is 20.8 Å². The predicted octanol–water partition coefficient (Wildman–Crippen LogP) is 4.83. The second-order valence-corrected chi connectivity index (χ2v) is 8.58. The van der Waals surface area contributed by atoms with E-state index in [0.29, 0.717) is 11.1 Å². The Kier molecular flexibility index (Phi) is 5.70. The van der Waals surface area contributed by atoms with Gasteiger partial charge in [0.2, 0.25) is 0 Å². The van der Waals surface area contributed by atoms with E-state index in [9.17, 15) is 9.59 Å². The topological polar surface area (TPSA) is 79.8 Å². The number of aromatic nitrogens is 3. The Bertz CT molecular complexity index is 1380. The Morgan fingerprint density at radius 2 is 1.84 bits per heavy atom. The van der Waals surface area contributed by atoms with E-state index in [2.05, 4.69) is 54.4 Å². The van der Waals surface area contributed by atoms with Crippen molar-refractivity contribution in [3.63, 3.8) is 0 Å². The van der Waals surface area contributed by atoms with Crippen LogP contribution in [0.3, 0.4) is 0 Å². The number of aromatic amines is 1. The molecule has 0 aliphatic heterocycles. The fraction of sp³-hybridized carbons (Fsp3) is 0.269. The van der Waals surface area contributed by atoms with Gasteiger partial charge in [-0.05, 0) is 75.1 Å². The number of hydrogen-bond donors (Lipinski definition) is 2. The molecule has 32 heavy (non-hydrogen) atoms. The highest BCUT2D eigenvalue weighted by molar-refractivity contribution is 6.08. The zero-order valence-electron chi connectivity index (χ0n) is 19.1. The van der Waals surface area contributed by atoms with Gasteiger partial charge in [0.05, 0.1) is 17.3 Å². The fourth-order valence-corrected chi connectivity index (χ4v) is 4.16. The molecule has 2 aromatic carbocycles. The van der Waals surface area contributed by atoms with Crippen LogP contribution in [0.4, 0.5) is 0 Å². The van der Waals surface area contributed by atoms with Crippen molar-refractivity contribution < 1.29 is 4.79 Å². The zero-order chi connectivity index (χ0) is 23.0. The normalized spacial score (nSPS) is 11.3. The summed E-state index contributed by atoms with van der Waals surface area (Å²) < 4.78 is 1.93. The minimum Gasteiger partial charge on any atom is -0.348 e. The van der Waals surface area contributed by atoms with Gasteiger partial charge in [-0.3, -0.25) is 14.3 Å². The standard InChI is InChI=1S/C26H28N4O2/c1-15(2)30-24-12-19(20-9-7-6-8-16(20)3)11-21(23(24)14-28-30)25(31)27-13-22-17(4)10-18(5)29-26(22)32/h6-12,14-15H,13H2,1-5H3,(H,27,31)(H,29,32). The first-order chi connectivity index (χ1) is 15.3. The van der Waals surface area contributed by atoms with Gasteiger partial charge in [0, 0.05) is 29.2 Å². The number of H-pyrrole nitrogens is 1. The molecule has 0 bridgehead atoms. The molecule has 2 heterocycles. The molecule has 0 radical (unpaired) electrons. The van der Waals surface area contributed by atoms with Crippen molar-refractivity contribution in [1.29, 1.82) is 0 Å². The third-order valence-corrected chi connectivity index (χ3v) is 5.83. The van der Waals surface area contributed by atoms with E-state index < -0.39 is 0 Å². The summed E-state index contributed by atoms with van der Waals surface area (Å²) >= 11 is 0.